The molecule has 0 aromatic heterocycles. The molecule has 0 spiro atoms. The van der Waals surface area contributed by atoms with Gasteiger partial charge in [-0.05, 0) is 0 Å². The summed E-state index contributed by atoms with van der Waals surface area (Å²) in [4.78, 5) is 19.7. The third-order valence-corrected chi connectivity index (χ3v) is 1.30. The van der Waals surface area contributed by atoms with Gasteiger partial charge in [-0.3, -0.25) is 0 Å². The Kier molecular flexibility index (Phi) is 4.89. The molecule has 0 atom stereocenters. The van der Waals surface area contributed by atoms with Crippen LogP contribution in [0.4, 0.5) is 8.39 Å². The Morgan fingerprint density at radius 1 is 1.09 bits per heavy atom. The first-order valence-corrected chi connectivity index (χ1v) is 3.18. The fourth-order valence-electron chi connectivity index (χ4n) is 0.286. The van der Waals surface area contributed by atoms with Crippen LogP contribution in [0.2, 0.25) is 0 Å². The van der Waals surface area contributed by atoms with Crippen molar-refractivity contribution in [2.24, 2.45) is 0 Å². The molecule has 1 heterocycles. The second-order valence-corrected chi connectivity index (χ2v) is 2.37. The molecular weight excluding hydrogens is 176 g/mol. The zero-order chi connectivity index (χ0) is 7.07. The zero-order valence-electron chi connectivity index (χ0n) is 4.84. The smallest absolute Gasteiger partial charge is 0.233 e. The summed E-state index contributed by atoms with van der Waals surface area (Å²) < 4.78 is 29.8. The molecule has 1 aliphatic heterocycles. The zero-order valence-corrected chi connectivity index (χ0v) is 5.73. The molecule has 0 saturated carbocycles. The Bertz CT molecular complexity index is 166. The van der Waals surface area contributed by atoms with Gasteiger partial charge in [0, 0.05) is 0 Å². The largest absolute Gasteiger partial charge is 1.00 e. The summed E-state index contributed by atoms with van der Waals surface area (Å²) in [6.07, 6.45) is 0. The van der Waals surface area contributed by atoms with E-state index in [2.05, 4.69) is 9.05 Å². The van der Waals surface area contributed by atoms with Crippen molar-refractivity contribution in [2.45, 2.75) is 7.43 Å². The number of hydrogen-bond donors (Lipinski definition) is 0. The van der Waals surface area contributed by atoms with Crippen molar-refractivity contribution in [3.63, 3.8) is 0 Å². The van der Waals surface area contributed by atoms with Crippen molar-refractivity contribution in [3.8, 4) is 0 Å². The fraction of sp³-hybridized carbons (Fsp3) is 0.333. The van der Waals surface area contributed by atoms with E-state index in [1.54, 1.807) is 0 Å². The Morgan fingerprint density at radius 3 is 1.45 bits per heavy atom. The van der Waals surface area contributed by atoms with E-state index in [9.17, 15) is 18.0 Å². The van der Waals surface area contributed by atoms with E-state index in [-0.39, 0.29) is 26.3 Å². The molecule has 0 radical (unpaired) electrons. The van der Waals surface area contributed by atoms with Gasteiger partial charge < -0.3 is 0 Å². The minimum atomic E-state index is -5.10. The summed E-state index contributed by atoms with van der Waals surface area (Å²) in [5, 5.41) is 0. The molecule has 0 aliphatic carbocycles. The van der Waals surface area contributed by atoms with E-state index >= 15 is 0 Å². The van der Waals surface area contributed by atoms with Crippen LogP contribution in [-0.4, -0.2) is 11.9 Å². The predicted octanol–water partition coefficient (Wildman–Crippen LogP) is -1.66. The van der Waals surface area contributed by atoms with Gasteiger partial charge in [-0.15, -0.1) is 0 Å². The Hall–Kier alpha value is -0.173. The molecule has 0 aromatic rings. The van der Waals surface area contributed by atoms with Crippen molar-refractivity contribution in [1.29, 1.82) is 0 Å². The molecule has 1 fully saturated rings. The molecule has 0 unspecified atom stereocenters. The van der Waals surface area contributed by atoms with Crippen LogP contribution in [0.1, 0.15) is 7.43 Å². The summed E-state index contributed by atoms with van der Waals surface area (Å²) in [6, 6.07) is 0. The fourth-order valence-corrected chi connectivity index (χ4v) is 0.859. The van der Waals surface area contributed by atoms with Crippen LogP contribution >= 0.6 is 8.34 Å². The van der Waals surface area contributed by atoms with Crippen LogP contribution in [0.3, 0.4) is 0 Å². The molecule has 8 heteroatoms. The third-order valence-electron chi connectivity index (χ3n) is 0.545. The third kappa shape index (κ3) is 3.15. The van der Waals surface area contributed by atoms with Crippen molar-refractivity contribution >= 4 is 20.3 Å². The Balaban J connectivity index is 0. The first-order valence-electron chi connectivity index (χ1n) is 1.77. The quantitative estimate of drug-likeness (QED) is 0.254. The molecule has 0 amide bonds. The number of hydrogen-bond acceptors (Lipinski definition) is 4. The summed E-state index contributed by atoms with van der Waals surface area (Å²) >= 11 is 0. The first-order chi connectivity index (χ1) is 4.01. The molecule has 4 nitrogen and oxygen atoms in total. The van der Waals surface area contributed by atoms with Gasteiger partial charge in [-0.25, -0.2) is 9.59 Å². The van der Waals surface area contributed by atoms with E-state index in [1.165, 1.54) is 0 Å². The number of carbonyl (C=O) groups excluding carboxylic acids is 2. The van der Waals surface area contributed by atoms with Crippen LogP contribution < -0.4 is 18.9 Å². The molecule has 1 saturated heterocycles. The van der Waals surface area contributed by atoms with E-state index in [1.807, 2.05) is 0 Å². The van der Waals surface area contributed by atoms with Gasteiger partial charge >= 0.3 is 39.1 Å². The molecule has 1 rings (SSSR count). The number of carbonyl (C=O) groups is 2. The normalized spacial score (nSPS) is 19.1. The Morgan fingerprint density at radius 2 is 1.36 bits per heavy atom. The summed E-state index contributed by atoms with van der Waals surface area (Å²) in [6.45, 7) is 0. The van der Waals surface area contributed by atoms with Crippen LogP contribution in [0, 0.1) is 0 Å². The average Bonchev–Trinajstić information content (AvgIpc) is 1.79. The number of halogens is 2. The second-order valence-electron chi connectivity index (χ2n) is 1.17. The minimum Gasteiger partial charge on any atom is -0.233 e. The van der Waals surface area contributed by atoms with Gasteiger partial charge in [0.05, 0.1) is 8.39 Å². The summed E-state index contributed by atoms with van der Waals surface area (Å²) in [5.74, 6) is -3.23. The predicted molar refractivity (Wildman–Crippen MR) is 28.1 cm³/mol. The molecule has 0 bridgehead atoms. The molecule has 58 valence electrons. The summed E-state index contributed by atoms with van der Waals surface area (Å²) in [5.41, 5.74) is 0. The Labute approximate surface area is 74.2 Å². The minimum absolute atomic E-state index is 0. The van der Waals surface area contributed by atoms with Gasteiger partial charge in [0.15, 0.2) is 0 Å². The monoisotopic (exact) mass is 180 g/mol. The standard InChI is InChI=1S/C2F2O4P.CH4.Li/c3-9(4)7-1(5)2(6)8-9;;/h;1H4;/q+1;;+1. The van der Waals surface area contributed by atoms with Crippen molar-refractivity contribution in [1.82, 2.24) is 0 Å². The topological polar surface area (TPSA) is 52.6 Å². The van der Waals surface area contributed by atoms with Gasteiger partial charge in [0.25, 0.3) is 0 Å². The van der Waals surface area contributed by atoms with Crippen LogP contribution in [0.25, 0.3) is 0 Å². The maximum atomic E-state index is 11.7. The van der Waals surface area contributed by atoms with Gasteiger partial charge in [0.1, 0.15) is 0 Å². The van der Waals surface area contributed by atoms with Crippen molar-refractivity contribution < 1.29 is 45.9 Å². The van der Waals surface area contributed by atoms with Crippen LogP contribution in [-0.2, 0) is 18.6 Å². The molecule has 0 N–H and O–H groups in total. The van der Waals surface area contributed by atoms with Crippen LogP contribution in [0.5, 0.6) is 0 Å². The number of rotatable bonds is 0. The van der Waals surface area contributed by atoms with Gasteiger partial charge in [-0.2, -0.15) is 9.05 Å². The van der Waals surface area contributed by atoms with Crippen molar-refractivity contribution in [2.75, 3.05) is 0 Å². The van der Waals surface area contributed by atoms with E-state index in [4.69, 9.17) is 0 Å². The van der Waals surface area contributed by atoms with Gasteiger partial charge in [0.2, 0.25) is 0 Å². The van der Waals surface area contributed by atoms with E-state index < -0.39 is 20.3 Å². The van der Waals surface area contributed by atoms with Gasteiger partial charge in [-0.1, -0.05) is 7.43 Å². The SMILES string of the molecule is C.O=C1O[P+](F)(F)OC1=O.[Li+]. The molecular formula is C3H4F2LiO4P+2. The second kappa shape index (κ2) is 4.01. The average molecular weight is 180 g/mol. The summed E-state index contributed by atoms with van der Waals surface area (Å²) in [7, 11) is -5.10. The molecule has 11 heavy (non-hydrogen) atoms. The van der Waals surface area contributed by atoms with Crippen molar-refractivity contribution in [3.05, 3.63) is 0 Å². The molecule has 1 aliphatic rings. The first kappa shape index (κ1) is 13.4. The molecule has 0 aromatic carbocycles. The maximum absolute atomic E-state index is 11.7. The maximum Gasteiger partial charge on any atom is 1.00 e. The van der Waals surface area contributed by atoms with Crippen LogP contribution in [0.15, 0.2) is 0 Å². The van der Waals surface area contributed by atoms with E-state index in [0.29, 0.717) is 0 Å². The van der Waals surface area contributed by atoms with E-state index in [0.717, 1.165) is 0 Å².